The minimum Gasteiger partial charge on any atom is -0.454 e. The van der Waals surface area contributed by atoms with Gasteiger partial charge in [-0.2, -0.15) is 0 Å². The lowest BCUT2D eigenvalue weighted by Crippen LogP contribution is -2.41. The molecule has 5 rings (SSSR count). The van der Waals surface area contributed by atoms with Crippen molar-refractivity contribution in [2.24, 2.45) is 0 Å². The summed E-state index contributed by atoms with van der Waals surface area (Å²) in [6.07, 6.45) is 1.47. The molecule has 8 nitrogen and oxygen atoms in total. The molecule has 202 valence electrons. The van der Waals surface area contributed by atoms with Gasteiger partial charge in [-0.3, -0.25) is 14.2 Å². The maximum atomic E-state index is 14.1. The second-order valence-corrected chi connectivity index (χ2v) is 9.94. The molecule has 1 amide bonds. The number of benzene rings is 3. The van der Waals surface area contributed by atoms with E-state index in [0.29, 0.717) is 53.3 Å². The van der Waals surface area contributed by atoms with Gasteiger partial charge < -0.3 is 19.3 Å². The Bertz CT molecular complexity index is 1550. The first-order chi connectivity index (χ1) is 18.9. The Morgan fingerprint density at radius 3 is 2.44 bits per heavy atom. The number of nitrogens with zero attached hydrogens (tertiary/aromatic N) is 4. The van der Waals surface area contributed by atoms with Gasteiger partial charge in [-0.25, -0.2) is 4.98 Å². The number of fused-ring (bicyclic) bond motifs is 2. The van der Waals surface area contributed by atoms with E-state index in [9.17, 15) is 9.59 Å². The van der Waals surface area contributed by atoms with Crippen molar-refractivity contribution in [3.63, 3.8) is 0 Å². The van der Waals surface area contributed by atoms with Crippen LogP contribution in [-0.4, -0.2) is 59.2 Å². The van der Waals surface area contributed by atoms with Crippen LogP contribution in [-0.2, 0) is 6.42 Å². The number of para-hydroxylation sites is 1. The normalized spacial score (nSPS) is 13.2. The van der Waals surface area contributed by atoms with Gasteiger partial charge in [-0.05, 0) is 75.0 Å². The number of likely N-dealkylation sites (N-methyl/N-ethyl adjacent to an activating group) is 1. The summed E-state index contributed by atoms with van der Waals surface area (Å²) < 4.78 is 12.7. The van der Waals surface area contributed by atoms with E-state index in [1.54, 1.807) is 28.8 Å². The highest BCUT2D eigenvalue weighted by Crippen LogP contribution is 2.34. The number of amides is 1. The van der Waals surface area contributed by atoms with Crippen LogP contribution in [0, 0.1) is 0 Å². The zero-order valence-electron chi connectivity index (χ0n) is 22.9. The van der Waals surface area contributed by atoms with Crippen LogP contribution in [0.1, 0.15) is 48.1 Å². The Hall–Kier alpha value is -4.17. The topological polar surface area (TPSA) is 76.9 Å². The van der Waals surface area contributed by atoms with Crippen LogP contribution in [0.4, 0.5) is 0 Å². The largest absolute Gasteiger partial charge is 0.454 e. The third-order valence-corrected chi connectivity index (χ3v) is 7.13. The summed E-state index contributed by atoms with van der Waals surface area (Å²) in [6, 6.07) is 20.1. The van der Waals surface area contributed by atoms with Gasteiger partial charge >= 0.3 is 0 Å². The zero-order valence-corrected chi connectivity index (χ0v) is 22.9. The molecule has 0 bridgehead atoms. The van der Waals surface area contributed by atoms with Crippen LogP contribution in [0.15, 0.2) is 71.5 Å². The molecule has 0 aliphatic carbocycles. The minimum absolute atomic E-state index is 0.138. The highest BCUT2D eigenvalue weighted by Gasteiger charge is 2.30. The molecule has 1 aliphatic rings. The van der Waals surface area contributed by atoms with Gasteiger partial charge in [-0.15, -0.1) is 0 Å². The Morgan fingerprint density at radius 2 is 1.72 bits per heavy atom. The highest BCUT2D eigenvalue weighted by molar-refractivity contribution is 5.95. The second kappa shape index (κ2) is 11.3. The molecule has 4 aromatic rings. The smallest absolute Gasteiger partial charge is 0.266 e. The van der Waals surface area contributed by atoms with E-state index < -0.39 is 6.04 Å². The van der Waals surface area contributed by atoms with E-state index >= 15 is 0 Å². The van der Waals surface area contributed by atoms with Gasteiger partial charge in [0.15, 0.2) is 11.5 Å². The molecule has 1 unspecified atom stereocenters. The predicted octanol–water partition coefficient (Wildman–Crippen LogP) is 4.83. The lowest BCUT2D eigenvalue weighted by Gasteiger charge is -2.33. The van der Waals surface area contributed by atoms with Crippen molar-refractivity contribution in [2.75, 3.05) is 34.0 Å². The molecule has 0 fully saturated rings. The molecule has 39 heavy (non-hydrogen) atoms. The maximum Gasteiger partial charge on any atom is 0.266 e. The van der Waals surface area contributed by atoms with Gasteiger partial charge in [-0.1, -0.05) is 38.1 Å². The summed E-state index contributed by atoms with van der Waals surface area (Å²) in [7, 11) is 3.95. The number of carbonyl (C=O) groups excluding carboxylic acids is 1. The van der Waals surface area contributed by atoms with E-state index in [2.05, 4.69) is 6.92 Å². The lowest BCUT2D eigenvalue weighted by atomic mass is 10.1. The standard InChI is InChI=1S/C31H34N4O4/c1-5-21-11-14-23(15-12-21)35-29(32-25-10-8-7-9-24(25)31(35)37)26(6-2)34(18-17-33(3)4)30(36)22-13-16-27-28(19-22)39-20-38-27/h7-16,19,26H,5-6,17-18,20H2,1-4H3. The average Bonchev–Trinajstić information content (AvgIpc) is 3.43. The summed E-state index contributed by atoms with van der Waals surface area (Å²) >= 11 is 0. The van der Waals surface area contributed by atoms with Gasteiger partial charge in [0.05, 0.1) is 22.6 Å². The molecule has 0 spiro atoms. The predicted molar refractivity (Wildman–Crippen MR) is 152 cm³/mol. The van der Waals surface area contributed by atoms with E-state index in [1.807, 2.05) is 73.3 Å². The molecular formula is C31H34N4O4. The van der Waals surface area contributed by atoms with E-state index in [0.717, 1.165) is 12.1 Å². The molecule has 0 saturated carbocycles. The van der Waals surface area contributed by atoms with Crippen LogP contribution in [0.25, 0.3) is 16.6 Å². The van der Waals surface area contributed by atoms with Crippen LogP contribution in [0.2, 0.25) is 0 Å². The summed E-state index contributed by atoms with van der Waals surface area (Å²) in [6.45, 7) is 5.36. The van der Waals surface area contributed by atoms with Crippen molar-refractivity contribution in [2.45, 2.75) is 32.7 Å². The number of ether oxygens (including phenoxy) is 2. The quantitative estimate of drug-likeness (QED) is 0.311. The third-order valence-electron chi connectivity index (χ3n) is 7.13. The van der Waals surface area contributed by atoms with E-state index in [-0.39, 0.29) is 18.3 Å². The molecule has 1 aromatic heterocycles. The number of aromatic nitrogens is 2. The van der Waals surface area contributed by atoms with Gasteiger partial charge in [0.1, 0.15) is 5.82 Å². The monoisotopic (exact) mass is 526 g/mol. The van der Waals surface area contributed by atoms with Crippen molar-refractivity contribution >= 4 is 16.8 Å². The number of aryl methyl sites for hydroxylation is 1. The minimum atomic E-state index is -0.453. The fourth-order valence-corrected chi connectivity index (χ4v) is 4.95. The van der Waals surface area contributed by atoms with Crippen LogP contribution in [0.5, 0.6) is 11.5 Å². The van der Waals surface area contributed by atoms with Gasteiger partial charge in [0.2, 0.25) is 6.79 Å². The molecule has 0 radical (unpaired) electrons. The lowest BCUT2D eigenvalue weighted by molar-refractivity contribution is 0.0644. The molecule has 1 aliphatic heterocycles. The first-order valence-corrected chi connectivity index (χ1v) is 13.4. The number of hydrogen-bond acceptors (Lipinski definition) is 6. The van der Waals surface area contributed by atoms with Crippen molar-refractivity contribution in [1.29, 1.82) is 0 Å². The summed E-state index contributed by atoms with van der Waals surface area (Å²) in [5.74, 6) is 1.56. The number of hydrogen-bond donors (Lipinski definition) is 0. The SMILES string of the molecule is CCc1ccc(-n2c(C(CC)N(CCN(C)C)C(=O)c3ccc4c(c3)OCO4)nc3ccccc3c2=O)cc1. The fraction of sp³-hybridized carbons (Fsp3) is 0.323. The Labute approximate surface area is 228 Å². The summed E-state index contributed by atoms with van der Waals surface area (Å²) in [5, 5.41) is 0.539. The van der Waals surface area contributed by atoms with Gasteiger partial charge in [0.25, 0.3) is 11.5 Å². The molecule has 0 N–H and O–H groups in total. The number of rotatable bonds is 9. The van der Waals surface area contributed by atoms with E-state index in [4.69, 9.17) is 14.5 Å². The molecule has 8 heteroatoms. The number of carbonyl (C=O) groups is 1. The van der Waals surface area contributed by atoms with Crippen molar-refractivity contribution in [3.8, 4) is 17.2 Å². The first kappa shape index (κ1) is 26.4. The van der Waals surface area contributed by atoms with E-state index in [1.165, 1.54) is 5.56 Å². The Morgan fingerprint density at radius 1 is 0.974 bits per heavy atom. The van der Waals surface area contributed by atoms with Gasteiger partial charge in [0, 0.05) is 18.7 Å². The molecule has 3 aromatic carbocycles. The zero-order chi connectivity index (χ0) is 27.5. The second-order valence-electron chi connectivity index (χ2n) is 9.94. The van der Waals surface area contributed by atoms with Crippen molar-refractivity contribution in [1.82, 2.24) is 19.4 Å². The average molecular weight is 527 g/mol. The van der Waals surface area contributed by atoms with Crippen LogP contribution < -0.4 is 15.0 Å². The molecule has 1 atom stereocenters. The summed E-state index contributed by atoms with van der Waals surface area (Å²) in [5.41, 5.74) is 2.87. The third kappa shape index (κ3) is 5.25. The Kier molecular flexibility index (Phi) is 7.65. The molecule has 2 heterocycles. The fourth-order valence-electron chi connectivity index (χ4n) is 4.95. The Balaban J connectivity index is 1.67. The maximum absolute atomic E-state index is 14.1. The molecule has 0 saturated heterocycles. The van der Waals surface area contributed by atoms with Crippen LogP contribution >= 0.6 is 0 Å². The summed E-state index contributed by atoms with van der Waals surface area (Å²) in [4.78, 5) is 37.0. The highest BCUT2D eigenvalue weighted by atomic mass is 16.7. The molecular weight excluding hydrogens is 492 g/mol. The van der Waals surface area contributed by atoms with Crippen LogP contribution in [0.3, 0.4) is 0 Å². The van der Waals surface area contributed by atoms with Crippen molar-refractivity contribution < 1.29 is 14.3 Å². The van der Waals surface area contributed by atoms with Crippen molar-refractivity contribution in [3.05, 3.63) is 94.0 Å². The first-order valence-electron chi connectivity index (χ1n) is 13.4.